The number of nitrogens with zero attached hydrogens (tertiary/aromatic N) is 3. The van der Waals surface area contributed by atoms with Crippen molar-refractivity contribution < 1.29 is 14.1 Å². The summed E-state index contributed by atoms with van der Waals surface area (Å²) in [6.45, 7) is 3.57. The van der Waals surface area contributed by atoms with E-state index < -0.39 is 4.92 Å². The van der Waals surface area contributed by atoms with E-state index in [0.29, 0.717) is 17.9 Å². The predicted molar refractivity (Wildman–Crippen MR) is 93.1 cm³/mol. The van der Waals surface area contributed by atoms with Gasteiger partial charge < -0.3 is 5.32 Å². The van der Waals surface area contributed by atoms with Crippen molar-refractivity contribution in [2.24, 2.45) is 0 Å². The van der Waals surface area contributed by atoms with Gasteiger partial charge in [-0.25, -0.2) is 4.39 Å². The van der Waals surface area contributed by atoms with E-state index in [1.807, 2.05) is 0 Å². The van der Waals surface area contributed by atoms with Gasteiger partial charge in [0.1, 0.15) is 23.7 Å². The van der Waals surface area contributed by atoms with Crippen molar-refractivity contribution in [3.8, 4) is 0 Å². The first-order valence-electron chi connectivity index (χ1n) is 7.72. The summed E-state index contributed by atoms with van der Waals surface area (Å²) in [4.78, 5) is 23.4. The molecule has 1 aromatic carbocycles. The molecule has 0 aliphatic heterocycles. The Morgan fingerprint density at radius 2 is 2.04 bits per heavy atom. The molecule has 7 nitrogen and oxygen atoms in total. The van der Waals surface area contributed by atoms with Crippen molar-refractivity contribution in [3.63, 3.8) is 0 Å². The molecule has 25 heavy (non-hydrogen) atoms. The molecule has 0 spiro atoms. The molecule has 0 aliphatic carbocycles. The molecule has 0 radical (unpaired) electrons. The average molecular weight is 366 g/mol. The van der Waals surface area contributed by atoms with Crippen LogP contribution in [0.2, 0.25) is 0 Å². The number of aromatic nitrogens is 2. The molecular formula is C16H19FN4O3S. The molecule has 134 valence electrons. The van der Waals surface area contributed by atoms with Gasteiger partial charge in [-0.2, -0.15) is 5.10 Å². The Labute approximate surface area is 148 Å². The first-order chi connectivity index (χ1) is 11.9. The van der Waals surface area contributed by atoms with Crippen LogP contribution in [0.1, 0.15) is 17.8 Å². The lowest BCUT2D eigenvalue weighted by Crippen LogP contribution is -2.29. The van der Waals surface area contributed by atoms with E-state index in [2.05, 4.69) is 10.4 Å². The summed E-state index contributed by atoms with van der Waals surface area (Å²) in [6.07, 6.45) is 0.755. The largest absolute Gasteiger partial charge is 0.354 e. The highest BCUT2D eigenvalue weighted by molar-refractivity contribution is 7.99. The molecule has 0 bridgehead atoms. The third-order valence-corrected chi connectivity index (χ3v) is 4.64. The van der Waals surface area contributed by atoms with E-state index in [4.69, 9.17) is 0 Å². The number of benzene rings is 1. The number of hydrogen-bond donors (Lipinski definition) is 1. The topological polar surface area (TPSA) is 90.1 Å². The second kappa shape index (κ2) is 8.61. The molecule has 1 amide bonds. The number of hydrogen-bond acceptors (Lipinski definition) is 5. The number of carbonyl (C=O) groups is 1. The van der Waals surface area contributed by atoms with Gasteiger partial charge in [-0.15, -0.1) is 11.8 Å². The van der Waals surface area contributed by atoms with Gasteiger partial charge >= 0.3 is 5.69 Å². The second-order valence-electron chi connectivity index (χ2n) is 5.44. The first kappa shape index (κ1) is 18.9. The number of nitrogens with one attached hydrogen (secondary N) is 1. The van der Waals surface area contributed by atoms with Crippen molar-refractivity contribution in [3.05, 3.63) is 51.6 Å². The van der Waals surface area contributed by atoms with Crippen LogP contribution in [0, 0.1) is 29.8 Å². The lowest BCUT2D eigenvalue weighted by atomic mass is 10.3. The fourth-order valence-electron chi connectivity index (χ4n) is 2.32. The lowest BCUT2D eigenvalue weighted by molar-refractivity contribution is -0.386. The molecule has 1 heterocycles. The van der Waals surface area contributed by atoms with Crippen molar-refractivity contribution in [1.82, 2.24) is 15.1 Å². The van der Waals surface area contributed by atoms with Crippen LogP contribution in [-0.4, -0.2) is 32.9 Å². The van der Waals surface area contributed by atoms with Crippen LogP contribution in [-0.2, 0) is 11.3 Å². The normalized spacial score (nSPS) is 10.7. The van der Waals surface area contributed by atoms with Crippen LogP contribution in [0.25, 0.3) is 0 Å². The predicted octanol–water partition coefficient (Wildman–Crippen LogP) is 2.85. The van der Waals surface area contributed by atoms with Crippen LogP contribution < -0.4 is 5.32 Å². The summed E-state index contributed by atoms with van der Waals surface area (Å²) in [5.41, 5.74) is 0.610. The Morgan fingerprint density at radius 3 is 2.64 bits per heavy atom. The number of nitro groups is 1. The zero-order chi connectivity index (χ0) is 18.4. The third-order valence-electron chi connectivity index (χ3n) is 3.54. The van der Waals surface area contributed by atoms with E-state index >= 15 is 0 Å². The minimum atomic E-state index is -0.487. The van der Waals surface area contributed by atoms with Gasteiger partial charge in [-0.1, -0.05) is 0 Å². The van der Waals surface area contributed by atoms with E-state index in [9.17, 15) is 19.3 Å². The Hall–Kier alpha value is -2.42. The van der Waals surface area contributed by atoms with Gasteiger partial charge in [0, 0.05) is 11.4 Å². The Morgan fingerprint density at radius 1 is 1.36 bits per heavy atom. The maximum atomic E-state index is 12.8. The molecule has 2 rings (SSSR count). The quantitative estimate of drug-likeness (QED) is 0.336. The number of thioether (sulfide) groups is 1. The molecule has 1 aromatic heterocycles. The van der Waals surface area contributed by atoms with E-state index in [0.717, 1.165) is 17.1 Å². The molecule has 0 atom stereocenters. The van der Waals surface area contributed by atoms with Crippen LogP contribution >= 0.6 is 11.8 Å². The van der Waals surface area contributed by atoms with Crippen molar-refractivity contribution in [2.45, 2.75) is 31.7 Å². The molecule has 0 saturated heterocycles. The molecule has 9 heteroatoms. The molecule has 2 aromatic rings. The van der Waals surface area contributed by atoms with Crippen molar-refractivity contribution >= 4 is 23.4 Å². The Kier molecular flexibility index (Phi) is 6.51. The monoisotopic (exact) mass is 366 g/mol. The zero-order valence-corrected chi connectivity index (χ0v) is 14.8. The molecular weight excluding hydrogens is 347 g/mol. The summed E-state index contributed by atoms with van der Waals surface area (Å²) >= 11 is 1.59. The number of aryl methyl sites for hydroxylation is 1. The number of halogens is 1. The Bertz CT molecular complexity index is 761. The van der Waals surface area contributed by atoms with Gasteiger partial charge in [0.15, 0.2) is 0 Å². The Balaban J connectivity index is 1.73. The van der Waals surface area contributed by atoms with E-state index in [1.54, 1.807) is 37.7 Å². The number of amides is 1. The van der Waals surface area contributed by atoms with Crippen LogP contribution in [0.4, 0.5) is 10.1 Å². The minimum Gasteiger partial charge on any atom is -0.354 e. The van der Waals surface area contributed by atoms with Crippen molar-refractivity contribution in [1.29, 1.82) is 0 Å². The molecule has 0 fully saturated rings. The second-order valence-corrected chi connectivity index (χ2v) is 6.61. The smallest absolute Gasteiger partial charge is 0.312 e. The fourth-order valence-corrected chi connectivity index (χ4v) is 3.17. The minimum absolute atomic E-state index is 0.0500. The fraction of sp³-hybridized carbons (Fsp3) is 0.375. The summed E-state index contributed by atoms with van der Waals surface area (Å²) in [5.74, 6) is 0.283. The zero-order valence-electron chi connectivity index (χ0n) is 14.0. The third kappa shape index (κ3) is 5.28. The summed E-state index contributed by atoms with van der Waals surface area (Å²) in [7, 11) is 0. The maximum absolute atomic E-state index is 12.8. The van der Waals surface area contributed by atoms with Gasteiger partial charge in [0.05, 0.1) is 4.92 Å². The number of rotatable bonds is 8. The summed E-state index contributed by atoms with van der Waals surface area (Å²) < 4.78 is 14.1. The molecule has 0 unspecified atom stereocenters. The highest BCUT2D eigenvalue weighted by atomic mass is 32.2. The summed E-state index contributed by atoms with van der Waals surface area (Å²) in [6, 6.07) is 6.26. The van der Waals surface area contributed by atoms with Gasteiger partial charge in [0.25, 0.3) is 0 Å². The average Bonchev–Trinajstić information content (AvgIpc) is 2.82. The van der Waals surface area contributed by atoms with Crippen molar-refractivity contribution in [2.75, 3.05) is 12.3 Å². The van der Waals surface area contributed by atoms with Gasteiger partial charge in [-0.05, 0) is 50.3 Å². The van der Waals surface area contributed by atoms with Crippen LogP contribution in [0.5, 0.6) is 0 Å². The van der Waals surface area contributed by atoms with Crippen LogP contribution in [0.3, 0.4) is 0 Å². The molecule has 0 saturated carbocycles. The highest BCUT2D eigenvalue weighted by Crippen LogP contribution is 2.21. The highest BCUT2D eigenvalue weighted by Gasteiger charge is 2.22. The van der Waals surface area contributed by atoms with Gasteiger partial charge in [-0.3, -0.25) is 19.6 Å². The summed E-state index contributed by atoms with van der Waals surface area (Å²) in [5, 5.41) is 17.8. The first-order valence-corrected chi connectivity index (χ1v) is 8.70. The number of carbonyl (C=O) groups excluding carboxylic acids is 1. The lowest BCUT2D eigenvalue weighted by Gasteiger charge is -2.06. The van der Waals surface area contributed by atoms with Gasteiger partial charge in [0.2, 0.25) is 5.91 Å². The molecule has 1 N–H and O–H groups in total. The van der Waals surface area contributed by atoms with E-state index in [-0.39, 0.29) is 24.0 Å². The van der Waals surface area contributed by atoms with E-state index in [1.165, 1.54) is 16.8 Å². The SMILES string of the molecule is Cc1nn(CC(=O)NCCCSc2ccc(F)cc2)c(C)c1[N+](=O)[O-]. The van der Waals surface area contributed by atoms with Crippen LogP contribution in [0.15, 0.2) is 29.2 Å². The standard InChI is InChI=1S/C16H19FN4O3S/c1-11-16(21(23)24)12(2)20(19-11)10-15(22)18-8-3-9-25-14-6-4-13(17)5-7-14/h4-7H,3,8-10H2,1-2H3,(H,18,22). The maximum Gasteiger partial charge on any atom is 0.312 e. The molecule has 0 aliphatic rings.